The predicted octanol–water partition coefficient (Wildman–Crippen LogP) is 11.0. The van der Waals surface area contributed by atoms with Crippen LogP contribution >= 0.6 is 7.82 Å². The summed E-state index contributed by atoms with van der Waals surface area (Å²) in [5.74, 6) is -1.06. The molecule has 0 aliphatic rings. The van der Waals surface area contributed by atoms with Gasteiger partial charge < -0.3 is 24.4 Å². The lowest BCUT2D eigenvalue weighted by molar-refractivity contribution is -0.161. The Kier molecular flexibility index (Phi) is 35.5. The van der Waals surface area contributed by atoms with Gasteiger partial charge in [0.2, 0.25) is 0 Å². The Hall–Kier alpha value is -2.81. The van der Waals surface area contributed by atoms with Gasteiger partial charge in [-0.25, -0.2) is 4.57 Å². The molecule has 0 radical (unpaired) electrons. The van der Waals surface area contributed by atoms with Crippen LogP contribution in [0.5, 0.6) is 0 Å². The Morgan fingerprint density at radius 1 is 0.585 bits per heavy atom. The Balaban J connectivity index is 4.21. The van der Waals surface area contributed by atoms with E-state index in [1.165, 1.54) is 57.8 Å². The summed E-state index contributed by atoms with van der Waals surface area (Å²) >= 11 is 0. The number of rotatable bonds is 35. The molecular formula is C43H71O9P. The topological polar surface area (TPSA) is 140 Å². The second-order valence-corrected chi connectivity index (χ2v) is 14.3. The van der Waals surface area contributed by atoms with Crippen LogP contribution in [0.1, 0.15) is 149 Å². The van der Waals surface area contributed by atoms with E-state index in [-0.39, 0.29) is 19.4 Å². The molecule has 0 amide bonds. The number of aliphatic hydroxyl groups is 1. The van der Waals surface area contributed by atoms with Gasteiger partial charge >= 0.3 is 19.8 Å². The van der Waals surface area contributed by atoms with Crippen LogP contribution in [0.25, 0.3) is 0 Å². The van der Waals surface area contributed by atoms with Crippen LogP contribution in [0.4, 0.5) is 0 Å². The average Bonchev–Trinajstić information content (AvgIpc) is 3.12. The predicted molar refractivity (Wildman–Crippen MR) is 217 cm³/mol. The third-order valence-electron chi connectivity index (χ3n) is 7.97. The van der Waals surface area contributed by atoms with Crippen molar-refractivity contribution in [3.05, 3.63) is 85.1 Å². The number of aliphatic hydroxyl groups excluding tert-OH is 1. The lowest BCUT2D eigenvalue weighted by atomic mass is 10.1. The van der Waals surface area contributed by atoms with Gasteiger partial charge in [-0.15, -0.1) is 0 Å². The van der Waals surface area contributed by atoms with Crippen molar-refractivity contribution in [1.82, 2.24) is 0 Å². The van der Waals surface area contributed by atoms with Gasteiger partial charge in [-0.3, -0.25) is 14.1 Å². The van der Waals surface area contributed by atoms with Crippen molar-refractivity contribution in [3.8, 4) is 0 Å². The van der Waals surface area contributed by atoms with Gasteiger partial charge in [-0.1, -0.05) is 144 Å². The number of esters is 2. The first-order valence-corrected chi connectivity index (χ1v) is 21.5. The summed E-state index contributed by atoms with van der Waals surface area (Å²) < 4.78 is 26.2. The van der Waals surface area contributed by atoms with Crippen LogP contribution in [0.2, 0.25) is 0 Å². The summed E-state index contributed by atoms with van der Waals surface area (Å²) in [6, 6.07) is 0. The summed E-state index contributed by atoms with van der Waals surface area (Å²) in [4.78, 5) is 42.7. The molecule has 0 saturated carbocycles. The lowest BCUT2D eigenvalue weighted by Gasteiger charge is -2.18. The first-order chi connectivity index (χ1) is 25.7. The SMILES string of the molecule is CCCCC/C=C\C=C/[C@H](O)C/C=C\C/C=C/CCCC(=O)O[C@H](COC(=O)CCC/C=C\C/C=C\C/C=C\CCCCCCCC)COP(=O)(O)O. The molecule has 302 valence electrons. The van der Waals surface area contributed by atoms with Gasteiger partial charge in [0.25, 0.3) is 0 Å². The highest BCUT2D eigenvalue weighted by Crippen LogP contribution is 2.35. The number of carbonyl (C=O) groups is 2. The highest BCUT2D eigenvalue weighted by atomic mass is 31.2. The Labute approximate surface area is 321 Å². The van der Waals surface area contributed by atoms with Crippen molar-refractivity contribution < 1.29 is 43.0 Å². The van der Waals surface area contributed by atoms with Gasteiger partial charge in [0.15, 0.2) is 6.10 Å². The van der Waals surface area contributed by atoms with Crippen molar-refractivity contribution in [3.63, 3.8) is 0 Å². The van der Waals surface area contributed by atoms with Crippen LogP contribution in [-0.2, 0) is 28.2 Å². The molecule has 53 heavy (non-hydrogen) atoms. The van der Waals surface area contributed by atoms with E-state index < -0.39 is 38.6 Å². The molecule has 0 saturated heterocycles. The fourth-order valence-electron chi connectivity index (χ4n) is 4.93. The van der Waals surface area contributed by atoms with E-state index >= 15 is 0 Å². The molecule has 0 spiro atoms. The molecule has 0 heterocycles. The first kappa shape index (κ1) is 50.2. The third-order valence-corrected chi connectivity index (χ3v) is 8.45. The minimum Gasteiger partial charge on any atom is -0.462 e. The van der Waals surface area contributed by atoms with Crippen molar-refractivity contribution in [2.45, 2.75) is 161 Å². The van der Waals surface area contributed by atoms with Gasteiger partial charge in [0.05, 0.1) is 12.7 Å². The molecule has 9 nitrogen and oxygen atoms in total. The van der Waals surface area contributed by atoms with Crippen molar-refractivity contribution >= 4 is 19.8 Å². The van der Waals surface area contributed by atoms with E-state index in [0.717, 1.165) is 25.7 Å². The fourth-order valence-corrected chi connectivity index (χ4v) is 5.29. The molecule has 0 rings (SSSR count). The number of phosphoric ester groups is 1. The maximum atomic E-state index is 12.4. The Morgan fingerprint density at radius 2 is 1.08 bits per heavy atom. The minimum atomic E-state index is -4.80. The van der Waals surface area contributed by atoms with E-state index in [9.17, 15) is 19.3 Å². The molecule has 0 aromatic rings. The summed E-state index contributed by atoms with van der Waals surface area (Å²) in [7, 11) is -4.80. The zero-order valence-electron chi connectivity index (χ0n) is 32.7. The summed E-state index contributed by atoms with van der Waals surface area (Å²) in [5.41, 5.74) is 0. The number of ether oxygens (including phenoxy) is 2. The van der Waals surface area contributed by atoms with Crippen LogP contribution in [-0.4, -0.2) is 52.3 Å². The molecule has 10 heteroatoms. The minimum absolute atomic E-state index is 0.0869. The largest absolute Gasteiger partial charge is 0.469 e. The summed E-state index contributed by atoms with van der Waals surface area (Å²) in [6.45, 7) is 3.47. The molecule has 0 unspecified atom stereocenters. The van der Waals surface area contributed by atoms with Crippen LogP contribution in [0.15, 0.2) is 85.1 Å². The number of carbonyl (C=O) groups excluding carboxylic acids is 2. The van der Waals surface area contributed by atoms with E-state index in [4.69, 9.17) is 19.3 Å². The van der Waals surface area contributed by atoms with Gasteiger partial charge in [-0.2, -0.15) is 0 Å². The molecule has 0 aromatic heterocycles. The number of hydrogen-bond acceptors (Lipinski definition) is 7. The molecule has 0 fully saturated rings. The van der Waals surface area contributed by atoms with Gasteiger partial charge in [0.1, 0.15) is 6.61 Å². The number of phosphoric acid groups is 1. The highest BCUT2D eigenvalue weighted by molar-refractivity contribution is 7.46. The van der Waals surface area contributed by atoms with Crippen molar-refractivity contribution in [2.24, 2.45) is 0 Å². The van der Waals surface area contributed by atoms with E-state index in [1.54, 1.807) is 6.08 Å². The fraction of sp³-hybridized carbons (Fsp3) is 0.628. The number of hydrogen-bond donors (Lipinski definition) is 3. The third kappa shape index (κ3) is 40.2. The van der Waals surface area contributed by atoms with Crippen LogP contribution in [0.3, 0.4) is 0 Å². The van der Waals surface area contributed by atoms with Crippen molar-refractivity contribution in [1.29, 1.82) is 0 Å². The molecule has 3 N–H and O–H groups in total. The normalized spacial score (nSPS) is 14.0. The van der Waals surface area contributed by atoms with E-state index in [2.05, 4.69) is 54.8 Å². The molecular weight excluding hydrogens is 691 g/mol. The molecule has 0 aliphatic heterocycles. The molecule has 0 aliphatic carbocycles. The van der Waals surface area contributed by atoms with Gasteiger partial charge in [-0.05, 0) is 77.0 Å². The molecule has 0 aromatic carbocycles. The smallest absolute Gasteiger partial charge is 0.462 e. The average molecular weight is 763 g/mol. The zero-order valence-corrected chi connectivity index (χ0v) is 33.6. The summed E-state index contributed by atoms with van der Waals surface area (Å²) in [6.07, 6.45) is 46.2. The monoisotopic (exact) mass is 762 g/mol. The highest BCUT2D eigenvalue weighted by Gasteiger charge is 2.22. The molecule has 2 atom stereocenters. The standard InChI is InChI=1S/C43H71O9P/c1-3-5-7-9-11-12-13-14-15-16-17-18-19-20-24-28-32-36-42(45)50-38-41(39-51-53(47,48)49)52-43(46)37-33-29-25-21-23-27-31-35-40(44)34-30-26-22-10-8-6-4-2/h14-15,17-18,20-22,24-27,30-31,34,40-41,44H,3-13,16,19,23,28-29,32-33,35-39H2,1-2H3,(H2,47,48,49)/b15-14-,18-17-,24-20-,25-21+,26-22-,31-27-,34-30-/t40-,41+/m0/s1. The first-order valence-electron chi connectivity index (χ1n) is 20.0. The Morgan fingerprint density at radius 3 is 1.70 bits per heavy atom. The second kappa shape index (κ2) is 37.5. The quantitative estimate of drug-likeness (QED) is 0.0189. The maximum absolute atomic E-state index is 12.4. The van der Waals surface area contributed by atoms with Crippen LogP contribution in [0, 0.1) is 0 Å². The summed E-state index contributed by atoms with van der Waals surface area (Å²) in [5, 5.41) is 10.0. The lowest BCUT2D eigenvalue weighted by Crippen LogP contribution is -2.29. The van der Waals surface area contributed by atoms with Crippen LogP contribution < -0.4 is 0 Å². The number of allylic oxidation sites excluding steroid dienone is 12. The van der Waals surface area contributed by atoms with Gasteiger partial charge in [0, 0.05) is 12.8 Å². The van der Waals surface area contributed by atoms with Crippen molar-refractivity contribution in [2.75, 3.05) is 13.2 Å². The maximum Gasteiger partial charge on any atom is 0.469 e. The van der Waals surface area contributed by atoms with E-state index in [1.807, 2.05) is 42.5 Å². The Bertz CT molecular complexity index is 1150. The zero-order chi connectivity index (χ0) is 39.1. The number of unbranched alkanes of at least 4 members (excludes halogenated alkanes) is 11. The second-order valence-electron chi connectivity index (χ2n) is 13.1. The molecule has 0 bridgehead atoms. The van der Waals surface area contributed by atoms with E-state index in [0.29, 0.717) is 38.5 Å².